The summed E-state index contributed by atoms with van der Waals surface area (Å²) in [7, 11) is 0. The van der Waals surface area contributed by atoms with E-state index in [-0.39, 0.29) is 0 Å². The molecule has 0 aromatic heterocycles. The second-order valence-electron chi connectivity index (χ2n) is 6.19. The number of fused-ring (bicyclic) bond motifs is 1. The Labute approximate surface area is 148 Å². The lowest BCUT2D eigenvalue weighted by Crippen LogP contribution is -2.36. The van der Waals surface area contributed by atoms with Gasteiger partial charge in [0.15, 0.2) is 0 Å². The Kier molecular flexibility index (Phi) is 4.60. The summed E-state index contributed by atoms with van der Waals surface area (Å²) in [4.78, 5) is 4.65. The number of nitrogens with one attached hydrogen (secondary N) is 1. The molecule has 2 aromatic carbocycles. The average molecular weight is 344 g/mol. The zero-order valence-electron chi connectivity index (χ0n) is 13.7. The third-order valence-corrected chi connectivity index (χ3v) is 5.01. The molecule has 126 valence electrons. The molecular formula is C19H22ClN3O. The predicted octanol–water partition coefficient (Wildman–Crippen LogP) is 3.42. The number of hydrogen-bond donors (Lipinski definition) is 1. The molecule has 4 rings (SSSR count). The Morgan fingerprint density at radius 1 is 0.958 bits per heavy atom. The van der Waals surface area contributed by atoms with Gasteiger partial charge >= 0.3 is 0 Å². The van der Waals surface area contributed by atoms with Crippen molar-refractivity contribution >= 4 is 28.7 Å². The topological polar surface area (TPSA) is 27.7 Å². The zero-order valence-corrected chi connectivity index (χ0v) is 14.4. The first-order valence-electron chi connectivity index (χ1n) is 8.51. The number of hydrogen-bond acceptors (Lipinski definition) is 4. The van der Waals surface area contributed by atoms with Gasteiger partial charge < -0.3 is 19.9 Å². The Morgan fingerprint density at radius 2 is 1.79 bits per heavy atom. The predicted molar refractivity (Wildman–Crippen MR) is 99.6 cm³/mol. The summed E-state index contributed by atoms with van der Waals surface area (Å²) in [6.07, 6.45) is 0. The van der Waals surface area contributed by atoms with Crippen molar-refractivity contribution in [2.45, 2.75) is 6.54 Å². The van der Waals surface area contributed by atoms with Crippen LogP contribution in [-0.2, 0) is 11.3 Å². The third-order valence-electron chi connectivity index (χ3n) is 4.71. The molecule has 1 fully saturated rings. The van der Waals surface area contributed by atoms with Crippen LogP contribution < -0.4 is 15.1 Å². The molecule has 4 nitrogen and oxygen atoms in total. The molecule has 2 aromatic rings. The van der Waals surface area contributed by atoms with Crippen LogP contribution in [0.25, 0.3) is 0 Å². The lowest BCUT2D eigenvalue weighted by atomic mass is 10.1. The van der Waals surface area contributed by atoms with E-state index in [4.69, 9.17) is 16.3 Å². The Bertz CT molecular complexity index is 716. The van der Waals surface area contributed by atoms with Gasteiger partial charge in [0.05, 0.1) is 23.9 Å². The first kappa shape index (κ1) is 15.8. The zero-order chi connectivity index (χ0) is 16.4. The highest BCUT2D eigenvalue weighted by Crippen LogP contribution is 2.36. The fourth-order valence-electron chi connectivity index (χ4n) is 3.44. The molecule has 1 N–H and O–H groups in total. The Balaban J connectivity index is 1.66. The molecule has 2 aliphatic rings. The van der Waals surface area contributed by atoms with Crippen LogP contribution >= 0.6 is 11.6 Å². The maximum atomic E-state index is 6.68. The average Bonchev–Trinajstić information content (AvgIpc) is 2.85. The molecule has 2 heterocycles. The molecule has 0 aliphatic carbocycles. The third kappa shape index (κ3) is 3.09. The highest BCUT2D eigenvalue weighted by Gasteiger charge is 2.19. The summed E-state index contributed by atoms with van der Waals surface area (Å²) in [6, 6.07) is 14.9. The van der Waals surface area contributed by atoms with E-state index < -0.39 is 0 Å². The molecule has 0 spiro atoms. The van der Waals surface area contributed by atoms with Crippen molar-refractivity contribution in [3.8, 4) is 0 Å². The minimum atomic E-state index is 0.782. The van der Waals surface area contributed by atoms with Crippen molar-refractivity contribution in [1.82, 2.24) is 5.32 Å². The minimum Gasteiger partial charge on any atom is -0.378 e. The van der Waals surface area contributed by atoms with Crippen molar-refractivity contribution in [3.05, 3.63) is 53.1 Å². The summed E-state index contributed by atoms with van der Waals surface area (Å²) in [5.74, 6) is 0. The number of para-hydroxylation sites is 1. The van der Waals surface area contributed by atoms with E-state index in [0.29, 0.717) is 0 Å². The van der Waals surface area contributed by atoms with Gasteiger partial charge in [0.2, 0.25) is 0 Å². The van der Waals surface area contributed by atoms with Crippen molar-refractivity contribution < 1.29 is 4.74 Å². The molecule has 0 amide bonds. The van der Waals surface area contributed by atoms with Crippen LogP contribution in [0.3, 0.4) is 0 Å². The van der Waals surface area contributed by atoms with Crippen LogP contribution in [0.1, 0.15) is 5.56 Å². The maximum absolute atomic E-state index is 6.68. The summed E-state index contributed by atoms with van der Waals surface area (Å²) in [6.45, 7) is 6.16. The molecule has 0 radical (unpaired) electrons. The highest BCUT2D eigenvalue weighted by atomic mass is 35.5. The van der Waals surface area contributed by atoms with E-state index in [9.17, 15) is 0 Å². The molecule has 0 saturated carbocycles. The number of morpholine rings is 1. The lowest BCUT2D eigenvalue weighted by molar-refractivity contribution is 0.122. The summed E-state index contributed by atoms with van der Waals surface area (Å²) in [5.41, 5.74) is 4.80. The van der Waals surface area contributed by atoms with Gasteiger partial charge in [-0.1, -0.05) is 29.8 Å². The monoisotopic (exact) mass is 343 g/mol. The van der Waals surface area contributed by atoms with Crippen molar-refractivity contribution in [3.63, 3.8) is 0 Å². The largest absolute Gasteiger partial charge is 0.378 e. The van der Waals surface area contributed by atoms with E-state index in [1.165, 1.54) is 16.9 Å². The van der Waals surface area contributed by atoms with Crippen LogP contribution in [-0.4, -0.2) is 39.4 Å². The van der Waals surface area contributed by atoms with E-state index in [1.807, 2.05) is 0 Å². The van der Waals surface area contributed by atoms with Crippen molar-refractivity contribution in [2.75, 3.05) is 49.2 Å². The highest BCUT2D eigenvalue weighted by molar-refractivity contribution is 6.33. The molecule has 0 unspecified atom stereocenters. The second kappa shape index (κ2) is 7.01. The van der Waals surface area contributed by atoms with E-state index in [1.54, 1.807) is 0 Å². The molecule has 2 aliphatic heterocycles. The molecule has 5 heteroatoms. The van der Waals surface area contributed by atoms with Crippen molar-refractivity contribution in [2.24, 2.45) is 0 Å². The lowest BCUT2D eigenvalue weighted by Gasteiger charge is -2.30. The number of anilines is 3. The van der Waals surface area contributed by atoms with Gasteiger partial charge in [-0.25, -0.2) is 0 Å². The second-order valence-corrected chi connectivity index (χ2v) is 6.60. The van der Waals surface area contributed by atoms with Gasteiger partial charge in [-0.05, 0) is 29.8 Å². The fourth-order valence-corrected chi connectivity index (χ4v) is 3.72. The minimum absolute atomic E-state index is 0.782. The SMILES string of the molecule is Clc1cc(N2CCOCC2)ccc1N1CCNCc2ccccc21. The summed E-state index contributed by atoms with van der Waals surface area (Å²) >= 11 is 6.68. The van der Waals surface area contributed by atoms with Gasteiger partial charge in [0.1, 0.15) is 0 Å². The van der Waals surface area contributed by atoms with Crippen LogP contribution in [0, 0.1) is 0 Å². The molecule has 1 saturated heterocycles. The molecule has 0 atom stereocenters. The summed E-state index contributed by atoms with van der Waals surface area (Å²) in [5, 5.41) is 4.28. The summed E-state index contributed by atoms with van der Waals surface area (Å²) < 4.78 is 5.43. The standard InChI is InChI=1S/C19H22ClN3O/c20-17-13-16(22-9-11-24-12-10-22)5-6-19(17)23-8-7-21-14-15-3-1-2-4-18(15)23/h1-6,13,21H,7-12,14H2. The number of ether oxygens (including phenoxy) is 1. The fraction of sp³-hybridized carbons (Fsp3) is 0.368. The Hall–Kier alpha value is -1.75. The first-order valence-corrected chi connectivity index (χ1v) is 8.89. The normalized spacial score (nSPS) is 18.2. The number of benzene rings is 2. The van der Waals surface area contributed by atoms with Crippen LogP contribution in [0.15, 0.2) is 42.5 Å². The van der Waals surface area contributed by atoms with Gasteiger partial charge in [-0.2, -0.15) is 0 Å². The van der Waals surface area contributed by atoms with Crippen LogP contribution in [0.4, 0.5) is 17.1 Å². The number of rotatable bonds is 2. The van der Waals surface area contributed by atoms with Crippen molar-refractivity contribution in [1.29, 1.82) is 0 Å². The maximum Gasteiger partial charge on any atom is 0.0663 e. The molecule has 24 heavy (non-hydrogen) atoms. The van der Waals surface area contributed by atoms with E-state index >= 15 is 0 Å². The van der Waals surface area contributed by atoms with Gasteiger partial charge in [0.25, 0.3) is 0 Å². The quantitative estimate of drug-likeness (QED) is 0.904. The smallest absolute Gasteiger partial charge is 0.0663 e. The Morgan fingerprint density at radius 3 is 2.62 bits per heavy atom. The first-order chi connectivity index (χ1) is 11.8. The van der Waals surface area contributed by atoms with E-state index in [2.05, 4.69) is 57.6 Å². The number of nitrogens with zero attached hydrogens (tertiary/aromatic N) is 2. The molecular weight excluding hydrogens is 322 g/mol. The van der Waals surface area contributed by atoms with Gasteiger partial charge in [0, 0.05) is 44.1 Å². The van der Waals surface area contributed by atoms with Gasteiger partial charge in [-0.3, -0.25) is 0 Å². The number of halogens is 1. The van der Waals surface area contributed by atoms with Crippen LogP contribution in [0.2, 0.25) is 5.02 Å². The molecule has 0 bridgehead atoms. The van der Waals surface area contributed by atoms with Gasteiger partial charge in [-0.15, -0.1) is 0 Å². The van der Waals surface area contributed by atoms with Crippen LogP contribution in [0.5, 0.6) is 0 Å². The van der Waals surface area contributed by atoms with E-state index in [0.717, 1.165) is 56.6 Å².